The number of hydrogen-bond acceptors (Lipinski definition) is 6. The monoisotopic (exact) mass is 476 g/mol. The SMILES string of the molecule is CC(NC(=O)CCC1CCNCC1)C(=O)C(Oc1ccccc1)C(=O)O.O=C(O)C(F)(F)F. The van der Waals surface area contributed by atoms with E-state index in [-0.39, 0.29) is 11.7 Å². The molecule has 12 heteroatoms. The van der Waals surface area contributed by atoms with Crippen LogP contribution >= 0.6 is 0 Å². The Labute approximate surface area is 188 Å². The summed E-state index contributed by atoms with van der Waals surface area (Å²) in [5.74, 6) is -4.26. The minimum atomic E-state index is -5.08. The predicted octanol–water partition coefficient (Wildman–Crippen LogP) is 2.01. The Morgan fingerprint density at radius 3 is 2.15 bits per heavy atom. The van der Waals surface area contributed by atoms with Crippen molar-refractivity contribution in [3.8, 4) is 5.75 Å². The van der Waals surface area contributed by atoms with Crippen LogP contribution in [0.3, 0.4) is 0 Å². The van der Waals surface area contributed by atoms with Crippen molar-refractivity contribution in [3.63, 3.8) is 0 Å². The number of ketones is 1. The smallest absolute Gasteiger partial charge is 0.478 e. The Bertz CT molecular complexity index is 797. The molecule has 2 unspecified atom stereocenters. The molecule has 1 amide bonds. The third-order valence-electron chi connectivity index (χ3n) is 4.76. The van der Waals surface area contributed by atoms with Gasteiger partial charge < -0.3 is 25.6 Å². The zero-order chi connectivity index (χ0) is 25.0. The second-order valence-electron chi connectivity index (χ2n) is 7.38. The molecule has 1 aromatic rings. The van der Waals surface area contributed by atoms with E-state index in [9.17, 15) is 32.7 Å². The molecule has 1 aromatic carbocycles. The second kappa shape index (κ2) is 13.4. The van der Waals surface area contributed by atoms with Crippen molar-refractivity contribution < 1.29 is 47.3 Å². The highest BCUT2D eigenvalue weighted by atomic mass is 19.4. The minimum absolute atomic E-state index is 0.242. The molecule has 1 aliphatic heterocycles. The molecule has 33 heavy (non-hydrogen) atoms. The third-order valence-corrected chi connectivity index (χ3v) is 4.76. The second-order valence-corrected chi connectivity index (χ2v) is 7.38. The highest BCUT2D eigenvalue weighted by molar-refractivity contribution is 6.05. The van der Waals surface area contributed by atoms with Crippen molar-refractivity contribution in [2.75, 3.05) is 13.1 Å². The molecule has 1 aliphatic rings. The van der Waals surface area contributed by atoms with Crippen LogP contribution in [-0.2, 0) is 19.2 Å². The molecule has 0 saturated carbocycles. The van der Waals surface area contributed by atoms with Crippen LogP contribution in [0.4, 0.5) is 13.2 Å². The van der Waals surface area contributed by atoms with Crippen molar-refractivity contribution in [1.29, 1.82) is 0 Å². The number of carboxylic acid groups (broad SMARTS) is 2. The summed E-state index contributed by atoms with van der Waals surface area (Å²) in [7, 11) is 0. The number of ether oxygens (including phenoxy) is 1. The first-order valence-electron chi connectivity index (χ1n) is 10.2. The number of piperidine rings is 1. The van der Waals surface area contributed by atoms with Gasteiger partial charge in [0.05, 0.1) is 6.04 Å². The Morgan fingerprint density at radius 1 is 1.12 bits per heavy atom. The summed E-state index contributed by atoms with van der Waals surface area (Å²) in [6.45, 7) is 3.42. The number of carbonyl (C=O) groups excluding carboxylic acids is 2. The highest BCUT2D eigenvalue weighted by Gasteiger charge is 2.38. The number of carboxylic acids is 2. The fraction of sp³-hybridized carbons (Fsp3) is 0.524. The summed E-state index contributed by atoms with van der Waals surface area (Å²) < 4.78 is 37.0. The molecule has 9 nitrogen and oxygen atoms in total. The third kappa shape index (κ3) is 10.8. The molecule has 4 N–H and O–H groups in total. The first-order chi connectivity index (χ1) is 15.4. The number of hydrogen-bond donors (Lipinski definition) is 4. The van der Waals surface area contributed by atoms with E-state index in [1.807, 2.05) is 0 Å². The summed E-state index contributed by atoms with van der Waals surface area (Å²) >= 11 is 0. The predicted molar refractivity (Wildman–Crippen MR) is 110 cm³/mol. The number of aliphatic carboxylic acids is 2. The summed E-state index contributed by atoms with van der Waals surface area (Å²) in [4.78, 5) is 44.8. The normalized spacial score (nSPS) is 15.9. The van der Waals surface area contributed by atoms with Gasteiger partial charge >= 0.3 is 18.1 Å². The van der Waals surface area contributed by atoms with Crippen molar-refractivity contribution in [2.24, 2.45) is 5.92 Å². The van der Waals surface area contributed by atoms with Gasteiger partial charge in [-0.1, -0.05) is 18.2 Å². The number of carbonyl (C=O) groups is 4. The van der Waals surface area contributed by atoms with Gasteiger partial charge in [0.25, 0.3) is 6.10 Å². The highest BCUT2D eigenvalue weighted by Crippen LogP contribution is 2.18. The van der Waals surface area contributed by atoms with E-state index in [0.29, 0.717) is 12.3 Å². The summed E-state index contributed by atoms with van der Waals surface area (Å²) in [5, 5.41) is 22.3. The van der Waals surface area contributed by atoms with Gasteiger partial charge in [-0.3, -0.25) is 9.59 Å². The molecule has 1 heterocycles. The summed E-state index contributed by atoms with van der Waals surface area (Å²) in [6.07, 6.45) is -3.53. The number of amides is 1. The van der Waals surface area contributed by atoms with Crippen LogP contribution < -0.4 is 15.4 Å². The van der Waals surface area contributed by atoms with Gasteiger partial charge in [-0.05, 0) is 57.3 Å². The van der Waals surface area contributed by atoms with Crippen molar-refractivity contribution in [2.45, 2.75) is 50.9 Å². The van der Waals surface area contributed by atoms with Crippen LogP contribution in [0.1, 0.15) is 32.6 Å². The zero-order valence-electron chi connectivity index (χ0n) is 17.9. The van der Waals surface area contributed by atoms with Crippen LogP contribution in [0, 0.1) is 5.92 Å². The molecule has 1 fully saturated rings. The van der Waals surface area contributed by atoms with Gasteiger partial charge in [0.15, 0.2) is 0 Å². The maximum atomic E-state index is 12.4. The molecule has 184 valence electrons. The Hall–Kier alpha value is -3.15. The number of Topliss-reactive ketones (excluding diaryl/α,β-unsaturated/α-hetero) is 1. The topological polar surface area (TPSA) is 142 Å². The van der Waals surface area contributed by atoms with Crippen molar-refractivity contribution in [3.05, 3.63) is 30.3 Å². The summed E-state index contributed by atoms with van der Waals surface area (Å²) in [5.41, 5.74) is 0. The van der Waals surface area contributed by atoms with Gasteiger partial charge in [-0.25, -0.2) is 9.59 Å². The molecule has 2 atom stereocenters. The molecule has 0 aliphatic carbocycles. The van der Waals surface area contributed by atoms with E-state index in [4.69, 9.17) is 14.6 Å². The van der Waals surface area contributed by atoms with Crippen LogP contribution in [0.25, 0.3) is 0 Å². The van der Waals surface area contributed by atoms with Gasteiger partial charge in [0, 0.05) is 6.42 Å². The van der Waals surface area contributed by atoms with Crippen molar-refractivity contribution >= 4 is 23.6 Å². The van der Waals surface area contributed by atoms with Crippen LogP contribution in [0.2, 0.25) is 0 Å². The first kappa shape index (κ1) is 27.9. The maximum absolute atomic E-state index is 12.4. The van der Waals surface area contributed by atoms with E-state index in [1.165, 1.54) is 6.92 Å². The summed E-state index contributed by atoms with van der Waals surface area (Å²) in [6, 6.07) is 7.35. The quantitative estimate of drug-likeness (QED) is 0.397. The Morgan fingerprint density at radius 2 is 1.67 bits per heavy atom. The molecule has 0 bridgehead atoms. The molecular formula is C21H27F3N2O7. The lowest BCUT2D eigenvalue weighted by molar-refractivity contribution is -0.192. The fourth-order valence-electron chi connectivity index (χ4n) is 2.98. The molecular weight excluding hydrogens is 449 g/mol. The molecule has 0 spiro atoms. The van der Waals surface area contributed by atoms with E-state index in [0.717, 1.165) is 32.4 Å². The molecule has 0 radical (unpaired) electrons. The lowest BCUT2D eigenvalue weighted by atomic mass is 9.93. The van der Waals surface area contributed by atoms with Gasteiger partial charge in [-0.2, -0.15) is 13.2 Å². The molecule has 1 saturated heterocycles. The number of benzene rings is 1. The number of nitrogens with one attached hydrogen (secondary N) is 2. The van der Waals surface area contributed by atoms with E-state index >= 15 is 0 Å². The Balaban J connectivity index is 0.000000675. The lowest BCUT2D eigenvalue weighted by Crippen LogP contribution is -2.48. The van der Waals surface area contributed by atoms with Gasteiger partial charge in [-0.15, -0.1) is 0 Å². The van der Waals surface area contributed by atoms with Crippen molar-refractivity contribution in [1.82, 2.24) is 10.6 Å². The zero-order valence-corrected chi connectivity index (χ0v) is 17.9. The average molecular weight is 476 g/mol. The minimum Gasteiger partial charge on any atom is -0.478 e. The van der Waals surface area contributed by atoms with Gasteiger partial charge in [0.1, 0.15) is 5.75 Å². The fourth-order valence-corrected chi connectivity index (χ4v) is 2.98. The number of halogens is 3. The van der Waals surface area contributed by atoms with E-state index < -0.39 is 36.0 Å². The van der Waals surface area contributed by atoms with Crippen LogP contribution in [0.15, 0.2) is 30.3 Å². The number of para-hydroxylation sites is 1. The standard InChI is InChI=1S/C19H26N2O5.C2HF3O2/c1-13(21-16(22)8-7-14-9-11-20-12-10-14)17(23)18(19(24)25)26-15-5-3-2-4-6-15;3-2(4,5)1(6)7/h2-6,13-14,18,20H,7-12H2,1H3,(H,21,22)(H,24,25);(H,6,7). The van der Waals surface area contributed by atoms with Crippen LogP contribution in [0.5, 0.6) is 5.75 Å². The lowest BCUT2D eigenvalue weighted by Gasteiger charge is -2.23. The van der Waals surface area contributed by atoms with Gasteiger partial charge in [0.2, 0.25) is 11.7 Å². The van der Waals surface area contributed by atoms with E-state index in [1.54, 1.807) is 30.3 Å². The van der Waals surface area contributed by atoms with E-state index in [2.05, 4.69) is 10.6 Å². The average Bonchev–Trinajstić information content (AvgIpc) is 2.76. The first-order valence-corrected chi connectivity index (χ1v) is 10.2. The molecule has 0 aromatic heterocycles. The Kier molecular flexibility index (Phi) is 11.3. The molecule has 2 rings (SSSR count). The largest absolute Gasteiger partial charge is 0.490 e. The number of alkyl halides is 3. The van der Waals surface area contributed by atoms with Crippen LogP contribution in [-0.4, -0.2) is 65.3 Å². The maximum Gasteiger partial charge on any atom is 0.490 e. The number of rotatable bonds is 9.